The zero-order valence-electron chi connectivity index (χ0n) is 12.0. The molecule has 21 heavy (non-hydrogen) atoms. The standard InChI is InChI=1S/C17H19NO3/c1-20-16(19)17(18,14-7-8-14)11-21-15-9-6-12-4-2-3-5-13(12)10-15/h2-6,9-10,14H,7-8,11,18H2,1H3. The first-order valence-corrected chi connectivity index (χ1v) is 7.12. The highest BCUT2D eigenvalue weighted by molar-refractivity contribution is 5.84. The van der Waals surface area contributed by atoms with Crippen molar-refractivity contribution in [1.82, 2.24) is 0 Å². The molecule has 4 heteroatoms. The quantitative estimate of drug-likeness (QED) is 0.857. The predicted molar refractivity (Wildman–Crippen MR) is 81.1 cm³/mol. The van der Waals surface area contributed by atoms with Crippen molar-refractivity contribution < 1.29 is 14.3 Å². The van der Waals surface area contributed by atoms with E-state index in [9.17, 15) is 4.79 Å². The number of benzene rings is 2. The number of carbonyl (C=O) groups is 1. The Morgan fingerprint density at radius 3 is 2.62 bits per heavy atom. The van der Waals surface area contributed by atoms with Gasteiger partial charge in [0.25, 0.3) is 0 Å². The van der Waals surface area contributed by atoms with Gasteiger partial charge in [-0.3, -0.25) is 0 Å². The van der Waals surface area contributed by atoms with E-state index in [1.807, 2.05) is 42.5 Å². The lowest BCUT2D eigenvalue weighted by Gasteiger charge is -2.26. The molecule has 110 valence electrons. The largest absolute Gasteiger partial charge is 0.491 e. The maximum Gasteiger partial charge on any atom is 0.329 e. The van der Waals surface area contributed by atoms with Crippen LogP contribution in [0, 0.1) is 5.92 Å². The van der Waals surface area contributed by atoms with Crippen LogP contribution in [0.2, 0.25) is 0 Å². The van der Waals surface area contributed by atoms with Crippen LogP contribution < -0.4 is 10.5 Å². The summed E-state index contributed by atoms with van der Waals surface area (Å²) in [7, 11) is 1.36. The summed E-state index contributed by atoms with van der Waals surface area (Å²) < 4.78 is 10.6. The van der Waals surface area contributed by atoms with E-state index < -0.39 is 11.5 Å². The van der Waals surface area contributed by atoms with Crippen LogP contribution >= 0.6 is 0 Å². The Morgan fingerprint density at radius 1 is 1.24 bits per heavy atom. The number of fused-ring (bicyclic) bond motifs is 1. The maximum absolute atomic E-state index is 11.9. The minimum Gasteiger partial charge on any atom is -0.491 e. The van der Waals surface area contributed by atoms with Gasteiger partial charge in [-0.15, -0.1) is 0 Å². The fraction of sp³-hybridized carbons (Fsp3) is 0.353. The van der Waals surface area contributed by atoms with Crippen molar-refractivity contribution in [2.24, 2.45) is 11.7 Å². The molecule has 0 radical (unpaired) electrons. The van der Waals surface area contributed by atoms with E-state index in [1.165, 1.54) is 7.11 Å². The molecule has 0 bridgehead atoms. The fourth-order valence-electron chi connectivity index (χ4n) is 2.59. The van der Waals surface area contributed by atoms with Gasteiger partial charge in [-0.2, -0.15) is 0 Å². The number of hydrogen-bond acceptors (Lipinski definition) is 4. The third-order valence-electron chi connectivity index (χ3n) is 4.07. The molecule has 1 atom stereocenters. The monoisotopic (exact) mass is 285 g/mol. The van der Waals surface area contributed by atoms with Crippen molar-refractivity contribution in [1.29, 1.82) is 0 Å². The van der Waals surface area contributed by atoms with Crippen LogP contribution in [-0.2, 0) is 9.53 Å². The van der Waals surface area contributed by atoms with E-state index >= 15 is 0 Å². The molecule has 1 unspecified atom stereocenters. The number of hydrogen-bond donors (Lipinski definition) is 1. The van der Waals surface area contributed by atoms with Crippen LogP contribution in [0.15, 0.2) is 42.5 Å². The lowest BCUT2D eigenvalue weighted by atomic mass is 9.96. The molecular formula is C17H19NO3. The second-order valence-electron chi connectivity index (χ2n) is 5.60. The average Bonchev–Trinajstić information content (AvgIpc) is 3.36. The first kappa shape index (κ1) is 13.9. The van der Waals surface area contributed by atoms with Gasteiger partial charge in [0.05, 0.1) is 7.11 Å². The third-order valence-corrected chi connectivity index (χ3v) is 4.07. The van der Waals surface area contributed by atoms with E-state index in [1.54, 1.807) is 0 Å². The maximum atomic E-state index is 11.9. The molecular weight excluding hydrogens is 266 g/mol. The third kappa shape index (κ3) is 2.72. The van der Waals surface area contributed by atoms with Crippen molar-refractivity contribution in [2.45, 2.75) is 18.4 Å². The van der Waals surface area contributed by atoms with Crippen molar-refractivity contribution in [3.05, 3.63) is 42.5 Å². The highest BCUT2D eigenvalue weighted by Crippen LogP contribution is 2.39. The minimum absolute atomic E-state index is 0.142. The van der Waals surface area contributed by atoms with Crippen LogP contribution in [0.3, 0.4) is 0 Å². The van der Waals surface area contributed by atoms with Crippen LogP contribution in [0.25, 0.3) is 10.8 Å². The predicted octanol–water partition coefficient (Wildman–Crippen LogP) is 2.50. The highest BCUT2D eigenvalue weighted by Gasteiger charge is 2.49. The highest BCUT2D eigenvalue weighted by atomic mass is 16.5. The van der Waals surface area contributed by atoms with Crippen molar-refractivity contribution in [3.63, 3.8) is 0 Å². The van der Waals surface area contributed by atoms with Crippen LogP contribution in [0.1, 0.15) is 12.8 Å². The van der Waals surface area contributed by atoms with Gasteiger partial charge in [0, 0.05) is 0 Å². The molecule has 2 aromatic rings. The molecule has 1 saturated carbocycles. The molecule has 0 aliphatic heterocycles. The summed E-state index contributed by atoms with van der Waals surface area (Å²) in [5.74, 6) is 0.476. The van der Waals surface area contributed by atoms with Gasteiger partial charge in [-0.25, -0.2) is 4.79 Å². The van der Waals surface area contributed by atoms with Crippen molar-refractivity contribution in [3.8, 4) is 5.75 Å². The number of rotatable bonds is 5. The zero-order chi connectivity index (χ0) is 14.9. The van der Waals surface area contributed by atoms with Gasteiger partial charge in [-0.1, -0.05) is 30.3 Å². The second-order valence-corrected chi connectivity index (χ2v) is 5.60. The molecule has 2 N–H and O–H groups in total. The lowest BCUT2D eigenvalue weighted by molar-refractivity contribution is -0.149. The molecule has 0 amide bonds. The summed E-state index contributed by atoms with van der Waals surface area (Å²) in [6.07, 6.45) is 1.90. The van der Waals surface area contributed by atoms with Crippen LogP contribution in [-0.4, -0.2) is 25.2 Å². The van der Waals surface area contributed by atoms with E-state index in [-0.39, 0.29) is 12.5 Å². The Hall–Kier alpha value is -2.07. The normalized spacial score (nSPS) is 17.2. The molecule has 3 rings (SSSR count). The number of carbonyl (C=O) groups excluding carboxylic acids is 1. The molecule has 1 aliphatic rings. The lowest BCUT2D eigenvalue weighted by Crippen LogP contribution is -2.55. The van der Waals surface area contributed by atoms with Crippen molar-refractivity contribution >= 4 is 16.7 Å². The van der Waals surface area contributed by atoms with E-state index in [4.69, 9.17) is 15.2 Å². The van der Waals surface area contributed by atoms with E-state index in [2.05, 4.69) is 0 Å². The van der Waals surface area contributed by atoms with Crippen LogP contribution in [0.4, 0.5) is 0 Å². The first-order valence-electron chi connectivity index (χ1n) is 7.12. The molecule has 1 aliphatic carbocycles. The Bertz CT molecular complexity index is 666. The molecule has 0 heterocycles. The summed E-state index contributed by atoms with van der Waals surface area (Å²) in [5.41, 5.74) is 5.18. The Morgan fingerprint density at radius 2 is 1.95 bits per heavy atom. The molecule has 1 fully saturated rings. The molecule has 4 nitrogen and oxygen atoms in total. The number of ether oxygens (including phenoxy) is 2. The zero-order valence-corrected chi connectivity index (χ0v) is 12.0. The molecule has 0 aromatic heterocycles. The SMILES string of the molecule is COC(=O)C(N)(COc1ccc2ccccc2c1)C1CC1. The van der Waals surface area contributed by atoms with Crippen molar-refractivity contribution in [2.75, 3.05) is 13.7 Å². The summed E-state index contributed by atoms with van der Waals surface area (Å²) in [6, 6.07) is 13.9. The summed E-state index contributed by atoms with van der Waals surface area (Å²) in [5, 5.41) is 2.25. The Balaban J connectivity index is 1.77. The number of esters is 1. The van der Waals surface area contributed by atoms with Gasteiger partial charge in [0.2, 0.25) is 0 Å². The second kappa shape index (κ2) is 5.37. The Kier molecular flexibility index (Phi) is 3.55. The van der Waals surface area contributed by atoms with Gasteiger partial charge < -0.3 is 15.2 Å². The Labute approximate surface area is 123 Å². The smallest absolute Gasteiger partial charge is 0.329 e. The average molecular weight is 285 g/mol. The van der Waals surface area contributed by atoms with E-state index in [0.717, 1.165) is 23.6 Å². The van der Waals surface area contributed by atoms with Crippen LogP contribution in [0.5, 0.6) is 5.75 Å². The summed E-state index contributed by atoms with van der Waals surface area (Å²) in [6.45, 7) is 0.142. The summed E-state index contributed by atoms with van der Waals surface area (Å²) in [4.78, 5) is 11.9. The molecule has 2 aromatic carbocycles. The summed E-state index contributed by atoms with van der Waals surface area (Å²) >= 11 is 0. The number of methoxy groups -OCH3 is 1. The minimum atomic E-state index is -1.04. The van der Waals surface area contributed by atoms with Gasteiger partial charge in [-0.05, 0) is 41.7 Å². The molecule has 0 spiro atoms. The van der Waals surface area contributed by atoms with E-state index in [0.29, 0.717) is 5.75 Å². The molecule has 0 saturated heterocycles. The van der Waals surface area contributed by atoms with Gasteiger partial charge >= 0.3 is 5.97 Å². The van der Waals surface area contributed by atoms with Gasteiger partial charge in [0.1, 0.15) is 12.4 Å². The van der Waals surface area contributed by atoms with Gasteiger partial charge in [0.15, 0.2) is 5.54 Å². The topological polar surface area (TPSA) is 61.5 Å². The first-order chi connectivity index (χ1) is 10.1. The fourth-order valence-corrected chi connectivity index (χ4v) is 2.59. The number of nitrogens with two attached hydrogens (primary N) is 1.